The van der Waals surface area contributed by atoms with Crippen molar-refractivity contribution in [2.45, 2.75) is 19.1 Å². The maximum atomic E-state index is 9.67. The summed E-state index contributed by atoms with van der Waals surface area (Å²) in [5, 5.41) is 21.2. The zero-order valence-electron chi connectivity index (χ0n) is 18.3. The summed E-state index contributed by atoms with van der Waals surface area (Å²) < 4.78 is 11.7. The molecule has 0 aliphatic carbocycles. The summed E-state index contributed by atoms with van der Waals surface area (Å²) in [5.41, 5.74) is 2.11. The quantitative estimate of drug-likeness (QED) is 0.331. The monoisotopic (exact) mass is 481 g/mol. The van der Waals surface area contributed by atoms with Crippen LogP contribution in [-0.4, -0.2) is 67.5 Å². The van der Waals surface area contributed by atoms with Gasteiger partial charge in [-0.3, -0.25) is 15.0 Å². The molecule has 1 fully saturated rings. The molecular formula is C23H24ClN7O3. The molecule has 3 aromatic heterocycles. The number of β-amino-alcohol motifs (C(OH)–C–C–N with tert-alkyl or cyclic N) is 1. The van der Waals surface area contributed by atoms with Crippen molar-refractivity contribution in [1.29, 1.82) is 0 Å². The molecule has 1 saturated heterocycles. The summed E-state index contributed by atoms with van der Waals surface area (Å²) in [5.74, 6) is 1.52. The number of ether oxygens (including phenoxy) is 2. The van der Waals surface area contributed by atoms with E-state index in [1.165, 1.54) is 6.33 Å². The average molecular weight is 482 g/mol. The second-order valence-corrected chi connectivity index (χ2v) is 8.35. The fourth-order valence-corrected chi connectivity index (χ4v) is 4.02. The highest BCUT2D eigenvalue weighted by Crippen LogP contribution is 2.33. The molecule has 10 nitrogen and oxygen atoms in total. The van der Waals surface area contributed by atoms with Gasteiger partial charge in [0.05, 0.1) is 16.8 Å². The Bertz CT molecular complexity index is 1250. The van der Waals surface area contributed by atoms with Gasteiger partial charge in [0, 0.05) is 31.5 Å². The molecule has 0 saturated carbocycles. The van der Waals surface area contributed by atoms with Gasteiger partial charge in [-0.15, -0.1) is 5.10 Å². The Balaban J connectivity index is 1.26. The first kappa shape index (κ1) is 22.3. The van der Waals surface area contributed by atoms with Crippen LogP contribution in [-0.2, 0) is 6.61 Å². The molecule has 1 aliphatic rings. The number of nitrogens with zero attached hydrogens (tertiary/aromatic N) is 5. The summed E-state index contributed by atoms with van der Waals surface area (Å²) in [4.78, 5) is 15.0. The van der Waals surface area contributed by atoms with Crippen LogP contribution in [0.2, 0.25) is 5.02 Å². The molecule has 1 atom stereocenters. The van der Waals surface area contributed by atoms with Crippen molar-refractivity contribution in [2.75, 3.05) is 31.6 Å². The van der Waals surface area contributed by atoms with Gasteiger partial charge in [0.2, 0.25) is 5.88 Å². The number of aromatic nitrogens is 5. The minimum Gasteiger partial charge on any atom is -0.486 e. The second kappa shape index (κ2) is 10.2. The lowest BCUT2D eigenvalue weighted by molar-refractivity contribution is 0.167. The van der Waals surface area contributed by atoms with E-state index in [0.717, 1.165) is 24.3 Å². The second-order valence-electron chi connectivity index (χ2n) is 7.95. The van der Waals surface area contributed by atoms with Crippen molar-refractivity contribution >= 4 is 34.1 Å². The van der Waals surface area contributed by atoms with Crippen molar-refractivity contribution in [1.82, 2.24) is 30.0 Å². The summed E-state index contributed by atoms with van der Waals surface area (Å²) in [6, 6.07) is 11.1. The average Bonchev–Trinajstić information content (AvgIpc) is 3.46. The first-order valence-corrected chi connectivity index (χ1v) is 11.3. The highest BCUT2D eigenvalue weighted by atomic mass is 35.5. The van der Waals surface area contributed by atoms with Gasteiger partial charge in [-0.25, -0.2) is 9.97 Å². The van der Waals surface area contributed by atoms with Crippen LogP contribution in [0, 0.1) is 0 Å². The number of nitrogens with one attached hydrogen (secondary N) is 2. The minimum absolute atomic E-state index is 0.256. The van der Waals surface area contributed by atoms with Crippen LogP contribution in [0.4, 0.5) is 11.5 Å². The van der Waals surface area contributed by atoms with Crippen molar-refractivity contribution in [2.24, 2.45) is 0 Å². The van der Waals surface area contributed by atoms with Crippen LogP contribution < -0.4 is 14.8 Å². The van der Waals surface area contributed by atoms with E-state index in [0.29, 0.717) is 59.8 Å². The summed E-state index contributed by atoms with van der Waals surface area (Å²) in [6.07, 6.45) is 3.71. The van der Waals surface area contributed by atoms with Gasteiger partial charge in [0.15, 0.2) is 5.65 Å². The minimum atomic E-state index is -0.256. The van der Waals surface area contributed by atoms with Gasteiger partial charge in [-0.1, -0.05) is 17.7 Å². The molecule has 5 rings (SSSR count). The smallest absolute Gasteiger partial charge is 0.246 e. The lowest BCUT2D eigenvalue weighted by Gasteiger charge is -2.14. The van der Waals surface area contributed by atoms with Crippen LogP contribution >= 0.6 is 11.6 Å². The van der Waals surface area contributed by atoms with E-state index in [1.807, 2.05) is 24.3 Å². The summed E-state index contributed by atoms with van der Waals surface area (Å²) in [7, 11) is 0. The number of pyridine rings is 1. The zero-order valence-corrected chi connectivity index (χ0v) is 19.1. The summed E-state index contributed by atoms with van der Waals surface area (Å²) in [6.45, 7) is 3.01. The van der Waals surface area contributed by atoms with E-state index in [2.05, 4.69) is 35.4 Å². The standard InChI is InChI=1S/C23H24ClN7O3/c24-18-11-15(4-5-19(18)34-13-16-3-1-2-7-25-16)28-21-20-22(27-14-26-21)29-30-23(20)33-10-9-31-8-6-17(32)12-31/h1-5,7,11,14,17,32H,6,8-10,12-13H2,(H2,26,27,28,29,30)/t17-/m1/s1. The molecule has 11 heteroatoms. The van der Waals surface area contributed by atoms with Crippen molar-refractivity contribution in [3.63, 3.8) is 0 Å². The van der Waals surface area contributed by atoms with Crippen LogP contribution in [0.5, 0.6) is 11.6 Å². The van der Waals surface area contributed by atoms with Crippen molar-refractivity contribution < 1.29 is 14.6 Å². The molecule has 34 heavy (non-hydrogen) atoms. The molecule has 0 spiro atoms. The number of hydrogen-bond acceptors (Lipinski definition) is 9. The van der Waals surface area contributed by atoms with E-state index >= 15 is 0 Å². The Hall–Kier alpha value is -3.47. The molecular weight excluding hydrogens is 458 g/mol. The fraction of sp³-hybridized carbons (Fsp3) is 0.304. The molecule has 0 bridgehead atoms. The third-order valence-electron chi connectivity index (χ3n) is 5.51. The van der Waals surface area contributed by atoms with Crippen molar-refractivity contribution in [3.8, 4) is 11.6 Å². The number of hydrogen-bond donors (Lipinski definition) is 3. The zero-order chi connectivity index (χ0) is 23.3. The van der Waals surface area contributed by atoms with Crippen LogP contribution in [0.1, 0.15) is 12.1 Å². The van der Waals surface area contributed by atoms with Gasteiger partial charge < -0.3 is 19.9 Å². The summed E-state index contributed by atoms with van der Waals surface area (Å²) >= 11 is 6.45. The van der Waals surface area contributed by atoms with E-state index in [-0.39, 0.29) is 6.10 Å². The highest BCUT2D eigenvalue weighted by molar-refractivity contribution is 6.32. The molecule has 176 valence electrons. The lowest BCUT2D eigenvalue weighted by atomic mass is 10.3. The van der Waals surface area contributed by atoms with Gasteiger partial charge in [0.25, 0.3) is 0 Å². The first-order chi connectivity index (χ1) is 16.7. The lowest BCUT2D eigenvalue weighted by Crippen LogP contribution is -2.27. The van der Waals surface area contributed by atoms with Crippen LogP contribution in [0.3, 0.4) is 0 Å². The Morgan fingerprint density at radius 2 is 2.12 bits per heavy atom. The fourth-order valence-electron chi connectivity index (χ4n) is 3.79. The Kier molecular flexibility index (Phi) is 6.70. The Labute approximate surface area is 200 Å². The highest BCUT2D eigenvalue weighted by Gasteiger charge is 2.20. The number of likely N-dealkylation sites (tertiary alicyclic amines) is 1. The molecule has 0 amide bonds. The SMILES string of the molecule is O[C@@H]1CCN(CCOc2n[nH]c3ncnc(Nc4ccc(OCc5ccccn5)c(Cl)c4)c23)C1. The largest absolute Gasteiger partial charge is 0.486 e. The van der Waals surface area contributed by atoms with Gasteiger partial charge in [-0.2, -0.15) is 0 Å². The van der Waals surface area contributed by atoms with E-state index in [9.17, 15) is 5.11 Å². The number of rotatable bonds is 9. The molecule has 3 N–H and O–H groups in total. The number of aliphatic hydroxyl groups is 1. The van der Waals surface area contributed by atoms with E-state index in [4.69, 9.17) is 21.1 Å². The predicted octanol–water partition coefficient (Wildman–Crippen LogP) is 3.17. The number of anilines is 2. The third-order valence-corrected chi connectivity index (χ3v) is 5.81. The van der Waals surface area contributed by atoms with Gasteiger partial charge in [-0.05, 0) is 36.8 Å². The molecule has 0 unspecified atom stereocenters. The molecule has 4 heterocycles. The van der Waals surface area contributed by atoms with E-state index in [1.54, 1.807) is 18.3 Å². The van der Waals surface area contributed by atoms with Gasteiger partial charge >= 0.3 is 0 Å². The van der Waals surface area contributed by atoms with Crippen LogP contribution in [0.25, 0.3) is 11.0 Å². The normalized spacial score (nSPS) is 16.1. The van der Waals surface area contributed by atoms with Gasteiger partial charge in [0.1, 0.15) is 36.5 Å². The Morgan fingerprint density at radius 1 is 1.18 bits per heavy atom. The van der Waals surface area contributed by atoms with E-state index < -0.39 is 0 Å². The first-order valence-electron chi connectivity index (χ1n) is 11.0. The number of benzene rings is 1. The number of H-pyrrole nitrogens is 1. The number of fused-ring (bicyclic) bond motifs is 1. The maximum absolute atomic E-state index is 9.67. The predicted molar refractivity (Wildman–Crippen MR) is 128 cm³/mol. The van der Waals surface area contributed by atoms with Crippen molar-refractivity contribution in [3.05, 3.63) is 59.6 Å². The number of aromatic amines is 1. The maximum Gasteiger partial charge on any atom is 0.246 e. The molecule has 1 aliphatic heterocycles. The molecule has 1 aromatic carbocycles. The Morgan fingerprint density at radius 3 is 2.91 bits per heavy atom. The molecule has 4 aromatic rings. The molecule has 0 radical (unpaired) electrons. The number of aliphatic hydroxyl groups excluding tert-OH is 1. The van der Waals surface area contributed by atoms with Crippen LogP contribution in [0.15, 0.2) is 48.9 Å². The third kappa shape index (κ3) is 5.19. The topological polar surface area (TPSA) is 121 Å². The number of halogens is 1.